The molecule has 0 bridgehead atoms. The van der Waals surface area contributed by atoms with Crippen LogP contribution in [0.4, 0.5) is 0 Å². The Hall–Kier alpha value is -1.46. The molecule has 0 spiro atoms. The largest absolute Gasteiger partial charge is 0.390 e. The summed E-state index contributed by atoms with van der Waals surface area (Å²) in [4.78, 5) is 0.0378. The van der Waals surface area contributed by atoms with Crippen LogP contribution < -0.4 is 0 Å². The van der Waals surface area contributed by atoms with Crippen LogP contribution in [0.5, 0.6) is 0 Å². The molecule has 0 saturated carbocycles. The fraction of sp³-hybridized carbons (Fsp3) is 0.588. The molecule has 24 heavy (non-hydrogen) atoms. The highest BCUT2D eigenvalue weighted by Crippen LogP contribution is 2.38. The van der Waals surface area contributed by atoms with Crippen molar-refractivity contribution >= 4 is 10.0 Å². The fourth-order valence-corrected chi connectivity index (χ4v) is 5.63. The molecule has 0 radical (unpaired) electrons. The third-order valence-corrected chi connectivity index (χ3v) is 7.14. The average Bonchev–Trinajstić information content (AvgIpc) is 3.04. The van der Waals surface area contributed by atoms with Crippen molar-refractivity contribution in [3.8, 4) is 6.07 Å². The van der Waals surface area contributed by atoms with E-state index in [2.05, 4.69) is 0 Å². The molecular weight excluding hydrogens is 328 g/mol. The zero-order valence-corrected chi connectivity index (χ0v) is 14.5. The second-order valence-electron chi connectivity index (χ2n) is 6.72. The Kier molecular flexibility index (Phi) is 4.67. The van der Waals surface area contributed by atoms with E-state index in [-0.39, 0.29) is 22.4 Å². The summed E-state index contributed by atoms with van der Waals surface area (Å²) in [7, 11) is -3.79. The minimum absolute atomic E-state index is 0.0378. The van der Waals surface area contributed by atoms with Crippen LogP contribution in [0.25, 0.3) is 0 Å². The molecule has 2 heterocycles. The van der Waals surface area contributed by atoms with E-state index in [9.17, 15) is 18.8 Å². The van der Waals surface area contributed by atoms with Gasteiger partial charge in [-0.25, -0.2) is 8.42 Å². The number of sulfonamides is 1. The first-order valence-corrected chi connectivity index (χ1v) is 9.63. The van der Waals surface area contributed by atoms with E-state index in [1.165, 1.54) is 16.4 Å². The first-order chi connectivity index (χ1) is 11.4. The number of rotatable bonds is 3. The van der Waals surface area contributed by atoms with E-state index in [1.807, 2.05) is 6.07 Å². The number of hydrogen-bond donors (Lipinski definition) is 1. The summed E-state index contributed by atoms with van der Waals surface area (Å²) in [6, 6.07) is 7.91. The van der Waals surface area contributed by atoms with E-state index in [0.29, 0.717) is 32.6 Å². The molecule has 2 saturated heterocycles. The van der Waals surface area contributed by atoms with Crippen molar-refractivity contribution in [1.29, 1.82) is 5.26 Å². The second-order valence-corrected chi connectivity index (χ2v) is 8.58. The molecule has 6 nitrogen and oxygen atoms in total. The van der Waals surface area contributed by atoms with Crippen LogP contribution in [0.15, 0.2) is 29.2 Å². The third kappa shape index (κ3) is 2.95. The van der Waals surface area contributed by atoms with Crippen LogP contribution >= 0.6 is 0 Å². The molecule has 0 aliphatic carbocycles. The van der Waals surface area contributed by atoms with Gasteiger partial charge in [-0.3, -0.25) is 0 Å². The van der Waals surface area contributed by atoms with Crippen LogP contribution in [-0.2, 0) is 14.8 Å². The Labute approximate surface area is 142 Å². The SMILES string of the molecule is C[C@]1(O)CCOC[C@H]1[C@@H]1CCCN1S(=O)(=O)c1ccccc1C#N. The lowest BCUT2D eigenvalue weighted by atomic mass is 9.80. The highest BCUT2D eigenvalue weighted by molar-refractivity contribution is 7.89. The molecule has 0 amide bonds. The molecule has 0 aromatic heterocycles. The van der Waals surface area contributed by atoms with E-state index < -0.39 is 15.6 Å². The molecule has 0 unspecified atom stereocenters. The van der Waals surface area contributed by atoms with Gasteiger partial charge in [-0.15, -0.1) is 0 Å². The van der Waals surface area contributed by atoms with Gasteiger partial charge in [0.2, 0.25) is 10.0 Å². The number of nitrogens with zero attached hydrogens (tertiary/aromatic N) is 2. The lowest BCUT2D eigenvalue weighted by Gasteiger charge is -2.42. The minimum Gasteiger partial charge on any atom is -0.390 e. The highest BCUT2D eigenvalue weighted by Gasteiger charge is 2.47. The van der Waals surface area contributed by atoms with Crippen LogP contribution in [0, 0.1) is 17.2 Å². The Morgan fingerprint density at radius 2 is 2.17 bits per heavy atom. The normalized spacial score (nSPS) is 31.7. The summed E-state index contributed by atoms with van der Waals surface area (Å²) in [6.45, 7) is 3.00. The molecule has 1 aromatic rings. The lowest BCUT2D eigenvalue weighted by molar-refractivity contribution is -0.116. The van der Waals surface area contributed by atoms with E-state index in [1.54, 1.807) is 19.1 Å². The van der Waals surface area contributed by atoms with Gasteiger partial charge >= 0.3 is 0 Å². The van der Waals surface area contributed by atoms with Crippen molar-refractivity contribution in [3.05, 3.63) is 29.8 Å². The summed E-state index contributed by atoms with van der Waals surface area (Å²) in [5.41, 5.74) is -0.801. The standard InChI is InChI=1S/C17H22N2O4S/c1-17(20)8-10-23-12-14(17)15-6-4-9-19(15)24(21,22)16-7-3-2-5-13(16)11-18/h2-3,5,7,14-15,20H,4,6,8-10,12H2,1H3/t14-,15-,17-/m0/s1. The summed E-state index contributed by atoms with van der Waals surface area (Å²) in [5, 5.41) is 19.9. The predicted molar refractivity (Wildman–Crippen MR) is 87.6 cm³/mol. The third-order valence-electron chi connectivity index (χ3n) is 5.16. The van der Waals surface area contributed by atoms with Gasteiger partial charge in [0.1, 0.15) is 6.07 Å². The van der Waals surface area contributed by atoms with Crippen LogP contribution in [0.3, 0.4) is 0 Å². The molecule has 2 fully saturated rings. The van der Waals surface area contributed by atoms with Crippen LogP contribution in [-0.4, -0.2) is 49.2 Å². The Morgan fingerprint density at radius 3 is 2.88 bits per heavy atom. The van der Waals surface area contributed by atoms with Crippen molar-refractivity contribution in [2.75, 3.05) is 19.8 Å². The maximum absolute atomic E-state index is 13.1. The van der Waals surface area contributed by atoms with Gasteiger partial charge in [-0.2, -0.15) is 9.57 Å². The first kappa shape index (κ1) is 17.4. The topological polar surface area (TPSA) is 90.6 Å². The molecule has 1 aromatic carbocycles. The zero-order chi connectivity index (χ0) is 17.4. The highest BCUT2D eigenvalue weighted by atomic mass is 32.2. The van der Waals surface area contributed by atoms with Crippen molar-refractivity contribution in [3.63, 3.8) is 0 Å². The van der Waals surface area contributed by atoms with Gasteiger partial charge in [0, 0.05) is 25.1 Å². The van der Waals surface area contributed by atoms with E-state index in [0.717, 1.165) is 6.42 Å². The molecular formula is C17H22N2O4S. The number of hydrogen-bond acceptors (Lipinski definition) is 5. The van der Waals surface area contributed by atoms with Crippen molar-refractivity contribution in [1.82, 2.24) is 4.31 Å². The van der Waals surface area contributed by atoms with Gasteiger partial charge in [-0.1, -0.05) is 12.1 Å². The predicted octanol–water partition coefficient (Wildman–Crippen LogP) is 1.50. The Morgan fingerprint density at radius 1 is 1.42 bits per heavy atom. The summed E-state index contributed by atoms with van der Waals surface area (Å²) < 4.78 is 33.2. The molecule has 3 atom stereocenters. The summed E-state index contributed by atoms with van der Waals surface area (Å²) in [6.07, 6.45) is 1.93. The molecule has 2 aliphatic heterocycles. The maximum Gasteiger partial charge on any atom is 0.244 e. The Bertz CT molecular complexity index is 754. The van der Waals surface area contributed by atoms with E-state index in [4.69, 9.17) is 4.74 Å². The van der Waals surface area contributed by atoms with E-state index >= 15 is 0 Å². The monoisotopic (exact) mass is 350 g/mol. The number of ether oxygens (including phenoxy) is 1. The van der Waals surface area contributed by atoms with Crippen molar-refractivity contribution < 1.29 is 18.3 Å². The quantitative estimate of drug-likeness (QED) is 0.892. The molecule has 1 N–H and O–H groups in total. The van der Waals surface area contributed by atoms with Gasteiger partial charge < -0.3 is 9.84 Å². The minimum atomic E-state index is -3.79. The fourth-order valence-electron chi connectivity index (χ4n) is 3.76. The van der Waals surface area contributed by atoms with Crippen LogP contribution in [0.2, 0.25) is 0 Å². The van der Waals surface area contributed by atoms with Gasteiger partial charge in [-0.05, 0) is 38.3 Å². The number of nitriles is 1. The summed E-state index contributed by atoms with van der Waals surface area (Å²) >= 11 is 0. The zero-order valence-electron chi connectivity index (χ0n) is 13.7. The Balaban J connectivity index is 1.97. The molecule has 3 rings (SSSR count). The van der Waals surface area contributed by atoms with Crippen molar-refractivity contribution in [2.45, 2.75) is 42.7 Å². The first-order valence-electron chi connectivity index (χ1n) is 8.19. The van der Waals surface area contributed by atoms with Gasteiger partial charge in [0.25, 0.3) is 0 Å². The average molecular weight is 350 g/mol. The summed E-state index contributed by atoms with van der Waals surface area (Å²) in [5.74, 6) is -0.266. The van der Waals surface area contributed by atoms with Gasteiger partial charge in [0.15, 0.2) is 0 Å². The number of benzene rings is 1. The van der Waals surface area contributed by atoms with Crippen molar-refractivity contribution in [2.24, 2.45) is 5.92 Å². The molecule has 7 heteroatoms. The van der Waals surface area contributed by atoms with Crippen LogP contribution in [0.1, 0.15) is 31.7 Å². The number of aliphatic hydroxyl groups is 1. The molecule has 2 aliphatic rings. The maximum atomic E-state index is 13.1. The smallest absolute Gasteiger partial charge is 0.244 e. The lowest BCUT2D eigenvalue weighted by Crippen LogP contribution is -2.53. The van der Waals surface area contributed by atoms with Gasteiger partial charge in [0.05, 0.1) is 22.7 Å². The second kappa shape index (κ2) is 6.45. The molecule has 130 valence electrons.